The largest absolute Gasteiger partial charge is 0.492 e. The van der Waals surface area contributed by atoms with Crippen LogP contribution in [0, 0.1) is 0 Å². The van der Waals surface area contributed by atoms with E-state index in [-0.39, 0.29) is 10.6 Å². The van der Waals surface area contributed by atoms with Crippen LogP contribution in [0.2, 0.25) is 15.1 Å². The van der Waals surface area contributed by atoms with E-state index >= 15 is 0 Å². The number of carbonyl (C=O) groups is 1. The molecule has 122 valence electrons. The maximum absolute atomic E-state index is 11.0. The molecule has 0 saturated carbocycles. The summed E-state index contributed by atoms with van der Waals surface area (Å²) in [5.74, 6) is -0.499. The molecular weight excluding hydrogens is 361 g/mol. The predicted octanol–water partition coefficient (Wildman–Crippen LogP) is 5.36. The maximum atomic E-state index is 11.0. The second kappa shape index (κ2) is 7.77. The van der Waals surface area contributed by atoms with Gasteiger partial charge in [-0.25, -0.2) is 4.79 Å². The van der Waals surface area contributed by atoms with Gasteiger partial charge >= 0.3 is 5.97 Å². The quantitative estimate of drug-likeness (QED) is 0.715. The summed E-state index contributed by atoms with van der Waals surface area (Å²) in [6.45, 7) is 2.75. The topological polar surface area (TPSA) is 58.6 Å². The highest BCUT2D eigenvalue weighted by molar-refractivity contribution is 6.35. The molecule has 0 unspecified atom stereocenters. The summed E-state index contributed by atoms with van der Waals surface area (Å²) in [7, 11) is 0. The number of anilines is 1. The van der Waals surface area contributed by atoms with Crippen molar-refractivity contribution in [1.82, 2.24) is 0 Å². The SMILES string of the molecule is CCOc1c(Cl)cc(Cl)cc1CNc1ccc(C(=O)O)c(Cl)c1. The van der Waals surface area contributed by atoms with Gasteiger partial charge in [-0.05, 0) is 37.3 Å². The molecule has 0 fully saturated rings. The number of hydrogen-bond acceptors (Lipinski definition) is 3. The normalized spacial score (nSPS) is 10.4. The molecule has 0 saturated heterocycles. The number of carboxylic acids is 1. The van der Waals surface area contributed by atoms with Crippen molar-refractivity contribution in [2.45, 2.75) is 13.5 Å². The molecule has 0 aromatic heterocycles. The van der Waals surface area contributed by atoms with E-state index in [0.717, 1.165) is 5.56 Å². The van der Waals surface area contributed by atoms with Crippen molar-refractivity contribution in [1.29, 1.82) is 0 Å². The molecule has 4 nitrogen and oxygen atoms in total. The molecule has 2 aromatic carbocycles. The van der Waals surface area contributed by atoms with E-state index in [1.165, 1.54) is 6.07 Å². The van der Waals surface area contributed by atoms with Gasteiger partial charge in [0.2, 0.25) is 0 Å². The van der Waals surface area contributed by atoms with Gasteiger partial charge in [0.1, 0.15) is 5.75 Å². The first-order chi connectivity index (χ1) is 10.9. The molecule has 0 radical (unpaired) electrons. The molecule has 0 bridgehead atoms. The Kier molecular flexibility index (Phi) is 5.99. The van der Waals surface area contributed by atoms with Gasteiger partial charge < -0.3 is 15.2 Å². The lowest BCUT2D eigenvalue weighted by atomic mass is 10.1. The molecule has 0 atom stereocenters. The number of nitrogens with one attached hydrogen (secondary N) is 1. The van der Waals surface area contributed by atoms with Crippen LogP contribution < -0.4 is 10.1 Å². The smallest absolute Gasteiger partial charge is 0.337 e. The zero-order valence-corrected chi connectivity index (χ0v) is 14.5. The number of rotatable bonds is 6. The first-order valence-corrected chi connectivity index (χ1v) is 7.93. The third-order valence-corrected chi connectivity index (χ3v) is 3.87. The first-order valence-electron chi connectivity index (χ1n) is 6.79. The van der Waals surface area contributed by atoms with Crippen molar-refractivity contribution in [2.75, 3.05) is 11.9 Å². The highest BCUT2D eigenvalue weighted by Gasteiger charge is 2.12. The van der Waals surface area contributed by atoms with Crippen molar-refractivity contribution in [2.24, 2.45) is 0 Å². The van der Waals surface area contributed by atoms with E-state index in [0.29, 0.717) is 34.6 Å². The van der Waals surface area contributed by atoms with Crippen LogP contribution in [0.4, 0.5) is 5.69 Å². The molecule has 7 heteroatoms. The number of halogens is 3. The van der Waals surface area contributed by atoms with E-state index < -0.39 is 5.97 Å². The summed E-state index contributed by atoms with van der Waals surface area (Å²) in [6.07, 6.45) is 0. The summed E-state index contributed by atoms with van der Waals surface area (Å²) >= 11 is 18.1. The van der Waals surface area contributed by atoms with Crippen molar-refractivity contribution in [3.05, 3.63) is 56.5 Å². The lowest BCUT2D eigenvalue weighted by Gasteiger charge is -2.14. The third kappa shape index (κ3) is 4.44. The Hall–Kier alpha value is -1.62. The number of carboxylic acid groups (broad SMARTS) is 1. The fourth-order valence-electron chi connectivity index (χ4n) is 2.05. The summed E-state index contributed by atoms with van der Waals surface area (Å²) < 4.78 is 5.55. The number of hydrogen-bond donors (Lipinski definition) is 2. The number of ether oxygens (including phenoxy) is 1. The molecule has 0 spiro atoms. The van der Waals surface area contributed by atoms with Gasteiger partial charge in [-0.2, -0.15) is 0 Å². The van der Waals surface area contributed by atoms with Crippen LogP contribution in [-0.2, 0) is 6.54 Å². The minimum Gasteiger partial charge on any atom is -0.492 e. The predicted molar refractivity (Wildman–Crippen MR) is 93.4 cm³/mol. The van der Waals surface area contributed by atoms with Crippen LogP contribution in [0.3, 0.4) is 0 Å². The highest BCUT2D eigenvalue weighted by atomic mass is 35.5. The van der Waals surface area contributed by atoms with Gasteiger partial charge in [0, 0.05) is 22.8 Å². The lowest BCUT2D eigenvalue weighted by molar-refractivity contribution is 0.0697. The fraction of sp³-hybridized carbons (Fsp3) is 0.188. The monoisotopic (exact) mass is 373 g/mol. The number of benzene rings is 2. The summed E-state index contributed by atoms with van der Waals surface area (Å²) in [5, 5.41) is 13.2. The van der Waals surface area contributed by atoms with E-state index in [2.05, 4.69) is 5.32 Å². The van der Waals surface area contributed by atoms with Crippen molar-refractivity contribution in [3.63, 3.8) is 0 Å². The average molecular weight is 375 g/mol. The third-order valence-electron chi connectivity index (χ3n) is 3.06. The van der Waals surface area contributed by atoms with Gasteiger partial charge in [-0.1, -0.05) is 34.8 Å². The van der Waals surface area contributed by atoms with Crippen LogP contribution in [0.1, 0.15) is 22.8 Å². The van der Waals surface area contributed by atoms with Crippen LogP contribution in [0.15, 0.2) is 30.3 Å². The molecule has 0 aliphatic heterocycles. The van der Waals surface area contributed by atoms with Gasteiger partial charge in [-0.3, -0.25) is 0 Å². The Bertz CT molecular complexity index is 735. The Labute approximate surface area is 148 Å². The Morgan fingerprint density at radius 3 is 2.52 bits per heavy atom. The molecule has 2 rings (SSSR count). The molecular formula is C16H14Cl3NO3. The van der Waals surface area contributed by atoms with Crippen molar-refractivity contribution in [3.8, 4) is 5.75 Å². The second-order valence-corrected chi connectivity index (χ2v) is 5.91. The van der Waals surface area contributed by atoms with E-state index in [1.54, 1.807) is 24.3 Å². The van der Waals surface area contributed by atoms with Gasteiger partial charge in [0.05, 0.1) is 22.2 Å². The Morgan fingerprint density at radius 1 is 1.17 bits per heavy atom. The zero-order chi connectivity index (χ0) is 17.0. The van der Waals surface area contributed by atoms with E-state index in [4.69, 9.17) is 44.6 Å². The minimum absolute atomic E-state index is 0.0537. The Morgan fingerprint density at radius 2 is 1.91 bits per heavy atom. The molecule has 0 amide bonds. The molecule has 0 aliphatic rings. The standard InChI is InChI=1S/C16H14Cl3NO3/c1-2-23-15-9(5-10(17)6-14(15)19)8-20-11-3-4-12(16(21)22)13(18)7-11/h3-7,20H,2,8H2,1H3,(H,21,22). The highest BCUT2D eigenvalue weighted by Crippen LogP contribution is 2.33. The maximum Gasteiger partial charge on any atom is 0.337 e. The Balaban J connectivity index is 2.21. The average Bonchev–Trinajstić information content (AvgIpc) is 2.47. The van der Waals surface area contributed by atoms with Crippen LogP contribution >= 0.6 is 34.8 Å². The van der Waals surface area contributed by atoms with Crippen LogP contribution in [0.5, 0.6) is 5.75 Å². The van der Waals surface area contributed by atoms with Gasteiger partial charge in [0.25, 0.3) is 0 Å². The van der Waals surface area contributed by atoms with E-state index in [1.807, 2.05) is 6.92 Å². The van der Waals surface area contributed by atoms with Crippen LogP contribution in [-0.4, -0.2) is 17.7 Å². The molecule has 23 heavy (non-hydrogen) atoms. The minimum atomic E-state index is -1.07. The van der Waals surface area contributed by atoms with Crippen molar-refractivity contribution < 1.29 is 14.6 Å². The summed E-state index contributed by atoms with van der Waals surface area (Å²) in [5.41, 5.74) is 1.53. The molecule has 0 aliphatic carbocycles. The summed E-state index contributed by atoms with van der Waals surface area (Å²) in [6, 6.07) is 8.02. The van der Waals surface area contributed by atoms with E-state index in [9.17, 15) is 4.79 Å². The second-order valence-electron chi connectivity index (χ2n) is 4.66. The molecule has 2 aromatic rings. The number of aromatic carboxylic acids is 1. The zero-order valence-electron chi connectivity index (χ0n) is 12.2. The summed E-state index contributed by atoms with van der Waals surface area (Å²) in [4.78, 5) is 11.0. The first kappa shape index (κ1) is 17.7. The molecule has 2 N–H and O–H groups in total. The van der Waals surface area contributed by atoms with Crippen LogP contribution in [0.25, 0.3) is 0 Å². The van der Waals surface area contributed by atoms with Crippen molar-refractivity contribution >= 4 is 46.5 Å². The van der Waals surface area contributed by atoms with Gasteiger partial charge in [0.15, 0.2) is 0 Å². The lowest BCUT2D eigenvalue weighted by Crippen LogP contribution is -2.05. The fourth-order valence-corrected chi connectivity index (χ4v) is 2.90. The molecule has 0 heterocycles. The van der Waals surface area contributed by atoms with Gasteiger partial charge in [-0.15, -0.1) is 0 Å².